The average Bonchev–Trinajstić information content (AvgIpc) is 2.88. The van der Waals surface area contributed by atoms with E-state index in [1.54, 1.807) is 11.1 Å². The van der Waals surface area contributed by atoms with Crippen molar-refractivity contribution in [2.45, 2.75) is 123 Å². The van der Waals surface area contributed by atoms with Gasteiger partial charge in [0.15, 0.2) is 0 Å². The quantitative estimate of drug-likeness (QED) is 0.235. The van der Waals surface area contributed by atoms with E-state index < -0.39 is 0 Å². The molecule has 1 unspecified atom stereocenters. The number of ether oxygens (including phenoxy) is 1. The molecule has 0 aromatic heterocycles. The Morgan fingerprint density at radius 2 is 1.32 bits per heavy atom. The van der Waals surface area contributed by atoms with Crippen molar-refractivity contribution in [1.82, 2.24) is 5.32 Å². The highest BCUT2D eigenvalue weighted by atomic mass is 16.5. The first-order valence-corrected chi connectivity index (χ1v) is 14.7. The third kappa shape index (κ3) is 8.68. The summed E-state index contributed by atoms with van der Waals surface area (Å²) >= 11 is 0. The maximum atomic E-state index is 6.23. The summed E-state index contributed by atoms with van der Waals surface area (Å²) in [6.07, 6.45) is 21.9. The van der Waals surface area contributed by atoms with Crippen LogP contribution in [0.1, 0.15) is 127 Å². The summed E-state index contributed by atoms with van der Waals surface area (Å²) in [5.41, 5.74) is 4.63. The molecule has 1 fully saturated rings. The molecule has 0 amide bonds. The van der Waals surface area contributed by atoms with E-state index in [0.717, 1.165) is 19.7 Å². The van der Waals surface area contributed by atoms with Crippen LogP contribution in [0.4, 0.5) is 0 Å². The van der Waals surface area contributed by atoms with Crippen LogP contribution in [0, 0.1) is 0 Å². The number of morpholine rings is 1. The minimum Gasteiger partial charge on any atom is -0.371 e. The molecule has 2 aromatic carbocycles. The molecule has 2 nitrogen and oxygen atoms in total. The van der Waals surface area contributed by atoms with E-state index in [1.807, 2.05) is 0 Å². The molecule has 0 aliphatic carbocycles. The number of unbranched alkanes of at least 4 members (excludes halogenated alkanes) is 12. The smallest absolute Gasteiger partial charge is 0.0955 e. The van der Waals surface area contributed by atoms with E-state index in [1.165, 1.54) is 119 Å². The van der Waals surface area contributed by atoms with Crippen LogP contribution < -0.4 is 5.32 Å². The topological polar surface area (TPSA) is 21.3 Å². The van der Waals surface area contributed by atoms with Gasteiger partial charge in [-0.25, -0.2) is 0 Å². The number of fused-ring (bicyclic) bond motifs is 1. The van der Waals surface area contributed by atoms with Gasteiger partial charge in [0.2, 0.25) is 0 Å². The molecule has 1 saturated heterocycles. The monoisotopic (exact) mass is 465 g/mol. The SMILES string of the molecule is CCCCCCCCCc1cc(C2CNCCO2)c2ccccc2c1CCCCCCCCC. The highest BCUT2D eigenvalue weighted by Gasteiger charge is 2.21. The summed E-state index contributed by atoms with van der Waals surface area (Å²) in [5, 5.41) is 6.45. The molecule has 1 heterocycles. The van der Waals surface area contributed by atoms with Crippen LogP contribution >= 0.6 is 0 Å². The molecule has 1 aliphatic rings. The van der Waals surface area contributed by atoms with Gasteiger partial charge in [-0.15, -0.1) is 0 Å². The highest BCUT2D eigenvalue weighted by molar-refractivity contribution is 5.90. The Balaban J connectivity index is 1.72. The zero-order chi connectivity index (χ0) is 23.8. The van der Waals surface area contributed by atoms with Crippen LogP contribution in [-0.2, 0) is 17.6 Å². The lowest BCUT2D eigenvalue weighted by Gasteiger charge is -2.27. The van der Waals surface area contributed by atoms with Crippen molar-refractivity contribution in [3.63, 3.8) is 0 Å². The lowest BCUT2D eigenvalue weighted by molar-refractivity contribution is 0.0285. The molecule has 1 atom stereocenters. The van der Waals surface area contributed by atoms with Gasteiger partial charge < -0.3 is 10.1 Å². The Kier molecular flexibility index (Phi) is 13.1. The minimum atomic E-state index is 0.180. The van der Waals surface area contributed by atoms with E-state index in [9.17, 15) is 0 Å². The van der Waals surface area contributed by atoms with Gasteiger partial charge in [0.05, 0.1) is 12.7 Å². The lowest BCUT2D eigenvalue weighted by atomic mass is 9.87. The van der Waals surface area contributed by atoms with Crippen molar-refractivity contribution in [1.29, 1.82) is 0 Å². The van der Waals surface area contributed by atoms with E-state index in [4.69, 9.17) is 4.74 Å². The summed E-state index contributed by atoms with van der Waals surface area (Å²) in [6.45, 7) is 7.31. The first-order chi connectivity index (χ1) is 16.8. The maximum absolute atomic E-state index is 6.23. The molecule has 0 saturated carbocycles. The number of hydrogen-bond donors (Lipinski definition) is 1. The molecule has 1 aliphatic heterocycles. The Morgan fingerprint density at radius 1 is 0.735 bits per heavy atom. The van der Waals surface area contributed by atoms with Crippen molar-refractivity contribution in [3.05, 3.63) is 47.0 Å². The summed E-state index contributed by atoms with van der Waals surface area (Å²) in [4.78, 5) is 0. The van der Waals surface area contributed by atoms with Gasteiger partial charge in [-0.3, -0.25) is 0 Å². The molecule has 1 N–H and O–H groups in total. The number of rotatable bonds is 17. The Morgan fingerprint density at radius 3 is 1.94 bits per heavy atom. The molecule has 3 rings (SSSR count). The van der Waals surface area contributed by atoms with E-state index >= 15 is 0 Å². The van der Waals surface area contributed by atoms with E-state index in [-0.39, 0.29) is 6.10 Å². The van der Waals surface area contributed by atoms with Gasteiger partial charge >= 0.3 is 0 Å². The zero-order valence-corrected chi connectivity index (χ0v) is 22.3. The molecule has 0 spiro atoms. The fraction of sp³-hybridized carbons (Fsp3) is 0.688. The van der Waals surface area contributed by atoms with Crippen LogP contribution in [0.5, 0.6) is 0 Å². The largest absolute Gasteiger partial charge is 0.371 e. The van der Waals surface area contributed by atoms with Crippen molar-refractivity contribution in [2.24, 2.45) is 0 Å². The molecule has 0 radical (unpaired) electrons. The number of benzene rings is 2. The number of hydrogen-bond acceptors (Lipinski definition) is 2. The third-order valence-corrected chi connectivity index (χ3v) is 7.64. The lowest BCUT2D eigenvalue weighted by Crippen LogP contribution is -2.33. The molecule has 2 aromatic rings. The third-order valence-electron chi connectivity index (χ3n) is 7.64. The van der Waals surface area contributed by atoms with E-state index in [0.29, 0.717) is 0 Å². The Labute approximate surface area is 210 Å². The van der Waals surface area contributed by atoms with Gasteiger partial charge in [-0.05, 0) is 53.1 Å². The molecule has 2 heteroatoms. The van der Waals surface area contributed by atoms with Crippen LogP contribution in [-0.4, -0.2) is 19.7 Å². The van der Waals surface area contributed by atoms with Crippen molar-refractivity contribution >= 4 is 10.8 Å². The number of aryl methyl sites for hydroxylation is 2. The van der Waals surface area contributed by atoms with Crippen LogP contribution in [0.3, 0.4) is 0 Å². The Bertz CT molecular complexity index is 808. The molecular formula is C32H51NO. The van der Waals surface area contributed by atoms with E-state index in [2.05, 4.69) is 49.5 Å². The number of nitrogens with one attached hydrogen (secondary N) is 1. The van der Waals surface area contributed by atoms with Crippen LogP contribution in [0.25, 0.3) is 10.8 Å². The normalized spacial score (nSPS) is 16.4. The van der Waals surface area contributed by atoms with Crippen LogP contribution in [0.2, 0.25) is 0 Å². The maximum Gasteiger partial charge on any atom is 0.0955 e. The van der Waals surface area contributed by atoms with Gasteiger partial charge in [0, 0.05) is 13.1 Å². The molecule has 34 heavy (non-hydrogen) atoms. The van der Waals surface area contributed by atoms with Crippen molar-refractivity contribution in [2.75, 3.05) is 19.7 Å². The van der Waals surface area contributed by atoms with Gasteiger partial charge in [-0.2, -0.15) is 0 Å². The first kappa shape index (κ1) is 27.2. The average molecular weight is 466 g/mol. The minimum absolute atomic E-state index is 0.180. The second-order valence-corrected chi connectivity index (χ2v) is 10.5. The second kappa shape index (κ2) is 16.3. The molecular weight excluding hydrogens is 414 g/mol. The van der Waals surface area contributed by atoms with Crippen molar-refractivity contribution in [3.8, 4) is 0 Å². The summed E-state index contributed by atoms with van der Waals surface area (Å²) in [5.74, 6) is 0. The van der Waals surface area contributed by atoms with Crippen LogP contribution in [0.15, 0.2) is 30.3 Å². The summed E-state index contributed by atoms with van der Waals surface area (Å²) in [7, 11) is 0. The fourth-order valence-electron chi connectivity index (χ4n) is 5.60. The van der Waals surface area contributed by atoms with Gasteiger partial charge in [0.1, 0.15) is 0 Å². The summed E-state index contributed by atoms with van der Waals surface area (Å²) < 4.78 is 6.23. The summed E-state index contributed by atoms with van der Waals surface area (Å²) in [6, 6.07) is 11.7. The first-order valence-electron chi connectivity index (χ1n) is 14.7. The standard InChI is InChI=1S/C32H51NO/c1-3-5-7-9-11-13-15-19-27-25-31(32-26-33-23-24-34-32)30-22-18-17-21-29(30)28(27)20-16-14-12-10-8-6-4-2/h17-18,21-22,25,32-33H,3-16,19-20,23-24,26H2,1-2H3. The molecule has 0 bridgehead atoms. The van der Waals surface area contributed by atoms with Gasteiger partial charge in [0.25, 0.3) is 0 Å². The fourth-order valence-corrected chi connectivity index (χ4v) is 5.60. The predicted molar refractivity (Wildman–Crippen MR) is 149 cm³/mol. The second-order valence-electron chi connectivity index (χ2n) is 10.5. The predicted octanol–water partition coefficient (Wildman–Crippen LogP) is 9.09. The Hall–Kier alpha value is -1.38. The zero-order valence-electron chi connectivity index (χ0n) is 22.3. The molecule has 190 valence electrons. The highest BCUT2D eigenvalue weighted by Crippen LogP contribution is 2.34. The van der Waals surface area contributed by atoms with Crippen molar-refractivity contribution < 1.29 is 4.74 Å². The van der Waals surface area contributed by atoms with Gasteiger partial charge in [-0.1, -0.05) is 121 Å².